The number of rotatable bonds is 5. The van der Waals surface area contributed by atoms with Crippen molar-refractivity contribution in [2.24, 2.45) is 0 Å². The molecular formula is C15H26N2S. The van der Waals surface area contributed by atoms with Crippen LogP contribution in [0, 0.1) is 0 Å². The van der Waals surface area contributed by atoms with E-state index in [1.165, 1.54) is 37.0 Å². The molecule has 1 saturated carbocycles. The normalized spacial score (nSPS) is 21.1. The summed E-state index contributed by atoms with van der Waals surface area (Å²) in [5.74, 6) is 0. The van der Waals surface area contributed by atoms with Gasteiger partial charge in [0.2, 0.25) is 0 Å². The van der Waals surface area contributed by atoms with E-state index in [4.69, 9.17) is 0 Å². The summed E-state index contributed by atoms with van der Waals surface area (Å²) in [5.41, 5.74) is 0.379. The summed E-state index contributed by atoms with van der Waals surface area (Å²) in [5, 5.41) is 5.91. The first kappa shape index (κ1) is 14.0. The first-order chi connectivity index (χ1) is 8.64. The molecule has 2 rings (SSSR count). The number of hydrogen-bond acceptors (Lipinski definition) is 3. The maximum atomic E-state index is 3.75. The van der Waals surface area contributed by atoms with Gasteiger partial charge in [0.15, 0.2) is 0 Å². The Labute approximate surface area is 115 Å². The predicted octanol–water partition coefficient (Wildman–Crippen LogP) is 3.66. The molecule has 18 heavy (non-hydrogen) atoms. The molecule has 0 spiro atoms. The molecule has 1 unspecified atom stereocenters. The molecule has 1 fully saturated rings. The lowest BCUT2D eigenvalue weighted by molar-refractivity contribution is 0.0960. The van der Waals surface area contributed by atoms with E-state index in [0.29, 0.717) is 11.6 Å². The highest BCUT2D eigenvalue weighted by molar-refractivity contribution is 7.10. The van der Waals surface area contributed by atoms with Gasteiger partial charge >= 0.3 is 0 Å². The van der Waals surface area contributed by atoms with Crippen LogP contribution in [0.1, 0.15) is 49.9 Å². The minimum absolute atomic E-state index is 0.379. The van der Waals surface area contributed by atoms with Crippen LogP contribution in [0.15, 0.2) is 17.5 Å². The Morgan fingerprint density at radius 2 is 2.06 bits per heavy atom. The van der Waals surface area contributed by atoms with Crippen molar-refractivity contribution in [2.75, 3.05) is 20.6 Å². The molecule has 0 saturated heterocycles. The second kappa shape index (κ2) is 6.18. The molecule has 3 heteroatoms. The Morgan fingerprint density at radius 3 is 2.61 bits per heavy atom. The van der Waals surface area contributed by atoms with Gasteiger partial charge < -0.3 is 10.2 Å². The summed E-state index contributed by atoms with van der Waals surface area (Å²) in [4.78, 5) is 3.89. The molecule has 0 aromatic carbocycles. The lowest BCUT2D eigenvalue weighted by Gasteiger charge is -2.43. The van der Waals surface area contributed by atoms with E-state index in [9.17, 15) is 0 Å². The third-order valence-electron chi connectivity index (χ3n) is 4.44. The number of likely N-dealkylation sites (N-methyl/N-ethyl adjacent to an activating group) is 1. The fraction of sp³-hybridized carbons (Fsp3) is 0.733. The standard InChI is InChI=1S/C15H26N2S/c1-13(14-8-7-11-18-14)16-12-15(17(2)3)9-5-4-6-10-15/h7-8,11,13,16H,4-6,9-10,12H2,1-3H3. The lowest BCUT2D eigenvalue weighted by atomic mass is 9.80. The highest BCUT2D eigenvalue weighted by Gasteiger charge is 2.34. The smallest absolute Gasteiger partial charge is 0.0386 e. The lowest BCUT2D eigenvalue weighted by Crippen LogP contribution is -2.53. The van der Waals surface area contributed by atoms with Crippen molar-refractivity contribution in [3.8, 4) is 0 Å². The Hall–Kier alpha value is -0.380. The number of hydrogen-bond donors (Lipinski definition) is 1. The van der Waals surface area contributed by atoms with Crippen molar-refractivity contribution in [3.05, 3.63) is 22.4 Å². The van der Waals surface area contributed by atoms with Gasteiger partial charge in [-0.3, -0.25) is 0 Å². The highest BCUT2D eigenvalue weighted by atomic mass is 32.1. The number of nitrogens with one attached hydrogen (secondary N) is 1. The first-order valence-corrected chi connectivity index (χ1v) is 7.96. The summed E-state index contributed by atoms with van der Waals surface area (Å²) in [7, 11) is 4.48. The molecule has 0 aliphatic heterocycles. The van der Waals surface area contributed by atoms with Gasteiger partial charge in [-0.25, -0.2) is 0 Å². The zero-order valence-corrected chi connectivity index (χ0v) is 12.7. The summed E-state index contributed by atoms with van der Waals surface area (Å²) in [6.07, 6.45) is 6.85. The minimum atomic E-state index is 0.379. The zero-order valence-electron chi connectivity index (χ0n) is 11.9. The fourth-order valence-electron chi connectivity index (χ4n) is 2.97. The highest BCUT2D eigenvalue weighted by Crippen LogP contribution is 2.32. The van der Waals surface area contributed by atoms with Crippen LogP contribution in [0.4, 0.5) is 0 Å². The van der Waals surface area contributed by atoms with Gasteiger partial charge in [-0.2, -0.15) is 0 Å². The van der Waals surface area contributed by atoms with E-state index in [-0.39, 0.29) is 0 Å². The van der Waals surface area contributed by atoms with Crippen LogP contribution in [0.5, 0.6) is 0 Å². The quantitative estimate of drug-likeness (QED) is 0.875. The van der Waals surface area contributed by atoms with E-state index >= 15 is 0 Å². The van der Waals surface area contributed by atoms with Gasteiger partial charge in [-0.15, -0.1) is 11.3 Å². The van der Waals surface area contributed by atoms with Gasteiger partial charge in [0.25, 0.3) is 0 Å². The molecule has 1 atom stereocenters. The molecule has 1 aromatic heterocycles. The van der Waals surface area contributed by atoms with Gasteiger partial charge in [0, 0.05) is 23.0 Å². The van der Waals surface area contributed by atoms with Gasteiger partial charge in [0.1, 0.15) is 0 Å². The molecular weight excluding hydrogens is 240 g/mol. The molecule has 1 aliphatic carbocycles. The van der Waals surface area contributed by atoms with Crippen molar-refractivity contribution in [3.63, 3.8) is 0 Å². The molecule has 0 amide bonds. The largest absolute Gasteiger partial charge is 0.308 e. The Balaban J connectivity index is 1.93. The van der Waals surface area contributed by atoms with Crippen LogP contribution in [0.25, 0.3) is 0 Å². The Bertz CT molecular complexity index is 339. The summed E-state index contributed by atoms with van der Waals surface area (Å²) in [6, 6.07) is 4.84. The van der Waals surface area contributed by atoms with Crippen molar-refractivity contribution in [2.45, 2.75) is 50.6 Å². The van der Waals surface area contributed by atoms with E-state index < -0.39 is 0 Å². The molecule has 1 aliphatic rings. The van der Waals surface area contributed by atoms with E-state index in [0.717, 1.165) is 6.54 Å². The zero-order chi connectivity index (χ0) is 13.0. The SMILES string of the molecule is CC(NCC1(N(C)C)CCCCC1)c1cccs1. The third-order valence-corrected chi connectivity index (χ3v) is 5.50. The molecule has 0 radical (unpaired) electrons. The van der Waals surface area contributed by atoms with Crippen LogP contribution in [-0.4, -0.2) is 31.1 Å². The van der Waals surface area contributed by atoms with Crippen molar-refractivity contribution >= 4 is 11.3 Å². The van der Waals surface area contributed by atoms with Gasteiger partial charge in [-0.1, -0.05) is 25.3 Å². The van der Waals surface area contributed by atoms with Crippen LogP contribution in [0.3, 0.4) is 0 Å². The molecule has 1 heterocycles. The summed E-state index contributed by atoms with van der Waals surface area (Å²) < 4.78 is 0. The van der Waals surface area contributed by atoms with Crippen molar-refractivity contribution in [1.29, 1.82) is 0 Å². The van der Waals surface area contributed by atoms with Crippen LogP contribution in [-0.2, 0) is 0 Å². The maximum Gasteiger partial charge on any atom is 0.0386 e. The molecule has 2 nitrogen and oxygen atoms in total. The number of nitrogens with zero attached hydrogens (tertiary/aromatic N) is 1. The maximum absolute atomic E-state index is 3.75. The van der Waals surface area contributed by atoms with Crippen LogP contribution in [0.2, 0.25) is 0 Å². The van der Waals surface area contributed by atoms with Crippen molar-refractivity contribution < 1.29 is 0 Å². The van der Waals surface area contributed by atoms with E-state index in [1.54, 1.807) is 0 Å². The molecule has 1 aromatic rings. The van der Waals surface area contributed by atoms with Gasteiger partial charge in [0.05, 0.1) is 0 Å². The average molecular weight is 266 g/mol. The minimum Gasteiger partial charge on any atom is -0.308 e. The van der Waals surface area contributed by atoms with Crippen molar-refractivity contribution in [1.82, 2.24) is 10.2 Å². The summed E-state index contributed by atoms with van der Waals surface area (Å²) >= 11 is 1.85. The predicted molar refractivity (Wildman–Crippen MR) is 80.2 cm³/mol. The first-order valence-electron chi connectivity index (χ1n) is 7.08. The van der Waals surface area contributed by atoms with E-state index in [2.05, 4.69) is 48.7 Å². The Kier molecular flexibility index (Phi) is 4.82. The second-order valence-electron chi connectivity index (χ2n) is 5.80. The molecule has 1 N–H and O–H groups in total. The monoisotopic (exact) mass is 266 g/mol. The van der Waals surface area contributed by atoms with Crippen LogP contribution >= 0.6 is 11.3 Å². The number of thiophene rings is 1. The van der Waals surface area contributed by atoms with Gasteiger partial charge in [-0.05, 0) is 45.3 Å². The molecule has 102 valence electrons. The topological polar surface area (TPSA) is 15.3 Å². The van der Waals surface area contributed by atoms with Crippen LogP contribution < -0.4 is 5.32 Å². The Morgan fingerprint density at radius 1 is 1.33 bits per heavy atom. The third kappa shape index (κ3) is 3.14. The molecule has 0 bridgehead atoms. The second-order valence-corrected chi connectivity index (χ2v) is 6.78. The summed E-state index contributed by atoms with van der Waals surface area (Å²) in [6.45, 7) is 3.39. The fourth-order valence-corrected chi connectivity index (χ4v) is 3.73. The average Bonchev–Trinajstić information content (AvgIpc) is 2.91. The van der Waals surface area contributed by atoms with E-state index in [1.807, 2.05) is 11.3 Å².